The molecule has 1 aliphatic heterocycles. The van der Waals surface area contributed by atoms with Gasteiger partial charge in [0.25, 0.3) is 0 Å². The van der Waals surface area contributed by atoms with Crippen molar-refractivity contribution in [1.82, 2.24) is 0 Å². The number of anilines is 1. The van der Waals surface area contributed by atoms with E-state index >= 15 is 0 Å². The van der Waals surface area contributed by atoms with Gasteiger partial charge >= 0.3 is 0 Å². The predicted molar refractivity (Wildman–Crippen MR) is 58.5 cm³/mol. The van der Waals surface area contributed by atoms with Gasteiger partial charge in [0.2, 0.25) is 0 Å². The van der Waals surface area contributed by atoms with Crippen molar-refractivity contribution in [1.29, 1.82) is 5.26 Å². The maximum atomic E-state index is 12.9. The fourth-order valence-corrected chi connectivity index (χ4v) is 1.76. The highest BCUT2D eigenvalue weighted by Gasteiger charge is 2.15. The Labute approximate surface area is 93.8 Å². The van der Waals surface area contributed by atoms with Gasteiger partial charge in [0.15, 0.2) is 0 Å². The van der Waals surface area contributed by atoms with Crippen LogP contribution in [0, 0.1) is 23.1 Å². The molecule has 0 radical (unpaired) electrons. The molecule has 0 spiro atoms. The van der Waals surface area contributed by atoms with Crippen LogP contribution in [0.25, 0.3) is 0 Å². The smallest absolute Gasteiger partial charge is 0.124 e. The summed E-state index contributed by atoms with van der Waals surface area (Å²) in [6, 6.07) is 6.18. The van der Waals surface area contributed by atoms with E-state index in [0.29, 0.717) is 17.2 Å². The van der Waals surface area contributed by atoms with Crippen molar-refractivity contribution < 1.29 is 9.13 Å². The molecule has 16 heavy (non-hydrogen) atoms. The number of hydrogen-bond donors (Lipinski definition) is 1. The molecule has 1 aliphatic rings. The van der Waals surface area contributed by atoms with Crippen LogP contribution >= 0.6 is 0 Å². The van der Waals surface area contributed by atoms with E-state index in [2.05, 4.69) is 5.32 Å². The first-order chi connectivity index (χ1) is 7.79. The third-order valence-electron chi connectivity index (χ3n) is 2.71. The Bertz CT molecular complexity index is 408. The van der Waals surface area contributed by atoms with Gasteiger partial charge in [-0.25, -0.2) is 4.39 Å². The molecule has 1 unspecified atom stereocenters. The minimum absolute atomic E-state index is 0.346. The molecule has 0 bridgehead atoms. The van der Waals surface area contributed by atoms with Gasteiger partial charge < -0.3 is 10.1 Å². The molecular weight excluding hydrogens is 207 g/mol. The lowest BCUT2D eigenvalue weighted by Gasteiger charge is -2.11. The summed E-state index contributed by atoms with van der Waals surface area (Å²) in [5.41, 5.74) is 1.04. The van der Waals surface area contributed by atoms with Crippen LogP contribution in [-0.2, 0) is 4.74 Å². The second kappa shape index (κ2) is 4.95. The van der Waals surface area contributed by atoms with Crippen LogP contribution in [0.1, 0.15) is 12.0 Å². The molecule has 0 aliphatic carbocycles. The fourth-order valence-electron chi connectivity index (χ4n) is 1.76. The number of ether oxygens (including phenoxy) is 1. The number of rotatable bonds is 3. The minimum atomic E-state index is -0.383. The van der Waals surface area contributed by atoms with Crippen molar-refractivity contribution in [2.45, 2.75) is 6.42 Å². The number of halogens is 1. The molecule has 1 heterocycles. The normalized spacial score (nSPS) is 19.4. The highest BCUT2D eigenvalue weighted by molar-refractivity contribution is 5.57. The first-order valence-electron chi connectivity index (χ1n) is 5.31. The highest BCUT2D eigenvalue weighted by Crippen LogP contribution is 2.18. The van der Waals surface area contributed by atoms with Gasteiger partial charge in [0.05, 0.1) is 17.9 Å². The summed E-state index contributed by atoms with van der Waals surface area (Å²) in [6.07, 6.45) is 1.04. The number of hydrogen-bond acceptors (Lipinski definition) is 3. The van der Waals surface area contributed by atoms with Gasteiger partial charge in [-0.15, -0.1) is 0 Å². The van der Waals surface area contributed by atoms with Gasteiger partial charge in [-0.1, -0.05) is 0 Å². The summed E-state index contributed by atoms with van der Waals surface area (Å²) in [6.45, 7) is 2.33. The van der Waals surface area contributed by atoms with Gasteiger partial charge in [0, 0.05) is 19.1 Å². The Balaban J connectivity index is 2.00. The molecule has 1 N–H and O–H groups in total. The van der Waals surface area contributed by atoms with Crippen LogP contribution in [0.2, 0.25) is 0 Å². The summed E-state index contributed by atoms with van der Waals surface area (Å²) >= 11 is 0. The van der Waals surface area contributed by atoms with Gasteiger partial charge in [-0.3, -0.25) is 0 Å². The summed E-state index contributed by atoms with van der Waals surface area (Å²) in [5.74, 6) is 0.0999. The summed E-state index contributed by atoms with van der Waals surface area (Å²) in [5, 5.41) is 12.0. The molecule has 0 aromatic heterocycles. The Morgan fingerprint density at radius 2 is 2.44 bits per heavy atom. The van der Waals surface area contributed by atoms with Crippen molar-refractivity contribution in [3.05, 3.63) is 29.6 Å². The summed E-state index contributed by atoms with van der Waals surface area (Å²) < 4.78 is 18.1. The van der Waals surface area contributed by atoms with Crippen LogP contribution in [0.4, 0.5) is 10.1 Å². The highest BCUT2D eigenvalue weighted by atomic mass is 19.1. The monoisotopic (exact) mass is 220 g/mol. The van der Waals surface area contributed by atoms with E-state index in [1.54, 1.807) is 6.07 Å². The van der Waals surface area contributed by atoms with Gasteiger partial charge in [-0.2, -0.15) is 5.26 Å². The molecule has 2 rings (SSSR count). The number of nitrogens with zero attached hydrogens (tertiary/aromatic N) is 1. The molecule has 0 amide bonds. The standard InChI is InChI=1S/C12H13FN2O/c13-11-1-2-12(10(5-11)6-14)15-7-9-3-4-16-8-9/h1-2,5,9,15H,3-4,7-8H2. The lowest BCUT2D eigenvalue weighted by atomic mass is 10.1. The second-order valence-corrected chi connectivity index (χ2v) is 3.91. The Morgan fingerprint density at radius 1 is 1.56 bits per heavy atom. The van der Waals surface area contributed by atoms with E-state index in [4.69, 9.17) is 10.00 Å². The summed E-state index contributed by atoms with van der Waals surface area (Å²) in [4.78, 5) is 0. The molecule has 1 aromatic carbocycles. The van der Waals surface area contributed by atoms with E-state index in [9.17, 15) is 4.39 Å². The average molecular weight is 220 g/mol. The number of nitrogens with one attached hydrogen (secondary N) is 1. The van der Waals surface area contributed by atoms with E-state index < -0.39 is 0 Å². The van der Waals surface area contributed by atoms with Crippen molar-refractivity contribution in [2.24, 2.45) is 5.92 Å². The Morgan fingerprint density at radius 3 is 3.12 bits per heavy atom. The van der Waals surface area contributed by atoms with Crippen LogP contribution in [0.5, 0.6) is 0 Å². The Kier molecular flexibility index (Phi) is 3.37. The maximum absolute atomic E-state index is 12.9. The largest absolute Gasteiger partial charge is 0.384 e. The molecule has 1 atom stereocenters. The topological polar surface area (TPSA) is 45.0 Å². The van der Waals surface area contributed by atoms with Crippen molar-refractivity contribution in [3.63, 3.8) is 0 Å². The number of benzene rings is 1. The molecule has 1 fully saturated rings. The zero-order valence-electron chi connectivity index (χ0n) is 8.87. The molecule has 1 aromatic rings. The predicted octanol–water partition coefficient (Wildman–Crippen LogP) is 2.15. The lowest BCUT2D eigenvalue weighted by Crippen LogP contribution is -2.14. The van der Waals surface area contributed by atoms with Crippen LogP contribution in [-0.4, -0.2) is 19.8 Å². The zero-order chi connectivity index (χ0) is 11.4. The second-order valence-electron chi connectivity index (χ2n) is 3.91. The zero-order valence-corrected chi connectivity index (χ0v) is 8.87. The van der Waals surface area contributed by atoms with E-state index in [1.165, 1.54) is 12.1 Å². The first kappa shape index (κ1) is 10.9. The first-order valence-corrected chi connectivity index (χ1v) is 5.31. The van der Waals surface area contributed by atoms with E-state index in [0.717, 1.165) is 26.2 Å². The fraction of sp³-hybridized carbons (Fsp3) is 0.417. The summed E-state index contributed by atoms with van der Waals surface area (Å²) in [7, 11) is 0. The average Bonchev–Trinajstić information content (AvgIpc) is 2.80. The van der Waals surface area contributed by atoms with Gasteiger partial charge in [0.1, 0.15) is 11.9 Å². The van der Waals surface area contributed by atoms with Gasteiger partial charge in [-0.05, 0) is 24.6 Å². The third kappa shape index (κ3) is 2.50. The van der Waals surface area contributed by atoms with Crippen LogP contribution in [0.3, 0.4) is 0 Å². The van der Waals surface area contributed by atoms with Crippen LogP contribution < -0.4 is 5.32 Å². The lowest BCUT2D eigenvalue weighted by molar-refractivity contribution is 0.187. The molecular formula is C12H13FN2O. The molecule has 84 valence electrons. The third-order valence-corrected chi connectivity index (χ3v) is 2.71. The van der Waals surface area contributed by atoms with Crippen molar-refractivity contribution >= 4 is 5.69 Å². The van der Waals surface area contributed by atoms with E-state index in [-0.39, 0.29) is 5.82 Å². The minimum Gasteiger partial charge on any atom is -0.384 e. The Hall–Kier alpha value is -1.60. The van der Waals surface area contributed by atoms with Crippen molar-refractivity contribution in [3.8, 4) is 6.07 Å². The van der Waals surface area contributed by atoms with Crippen molar-refractivity contribution in [2.75, 3.05) is 25.1 Å². The molecule has 3 nitrogen and oxygen atoms in total. The molecule has 1 saturated heterocycles. The maximum Gasteiger partial charge on any atom is 0.124 e. The van der Waals surface area contributed by atoms with Crippen LogP contribution in [0.15, 0.2) is 18.2 Å². The molecule has 0 saturated carbocycles. The molecule has 4 heteroatoms. The quantitative estimate of drug-likeness (QED) is 0.848. The number of nitriles is 1. The van der Waals surface area contributed by atoms with E-state index in [1.807, 2.05) is 6.07 Å². The SMILES string of the molecule is N#Cc1cc(F)ccc1NCC1CCOC1.